The number of aromatic nitrogens is 5. The molecule has 1 aliphatic rings. The summed E-state index contributed by atoms with van der Waals surface area (Å²) in [6.07, 6.45) is 5.37. The summed E-state index contributed by atoms with van der Waals surface area (Å²) in [6, 6.07) is 7.95. The first kappa shape index (κ1) is 21.4. The highest BCUT2D eigenvalue weighted by Gasteiger charge is 2.19. The average molecular weight is 465 g/mol. The summed E-state index contributed by atoms with van der Waals surface area (Å²) in [4.78, 5) is 30.9. The van der Waals surface area contributed by atoms with Crippen LogP contribution in [0.2, 0.25) is 0 Å². The van der Waals surface area contributed by atoms with Crippen LogP contribution in [0.25, 0.3) is 21.6 Å². The number of rotatable bonds is 8. The van der Waals surface area contributed by atoms with Crippen molar-refractivity contribution in [2.45, 2.75) is 0 Å². The van der Waals surface area contributed by atoms with E-state index in [2.05, 4.69) is 35.3 Å². The van der Waals surface area contributed by atoms with E-state index in [1.54, 1.807) is 19.5 Å². The van der Waals surface area contributed by atoms with Crippen molar-refractivity contribution < 1.29 is 9.53 Å². The molecule has 33 heavy (non-hydrogen) atoms. The van der Waals surface area contributed by atoms with Crippen LogP contribution in [0.5, 0.6) is 0 Å². The normalized spacial score (nSPS) is 14.6. The summed E-state index contributed by atoms with van der Waals surface area (Å²) in [5, 5.41) is 10.9. The number of anilines is 3. The molecule has 5 heterocycles. The van der Waals surface area contributed by atoms with E-state index in [0.717, 1.165) is 64.4 Å². The molecule has 0 amide bonds. The number of nitrogens with zero attached hydrogens (tertiary/aromatic N) is 6. The van der Waals surface area contributed by atoms with Gasteiger partial charge < -0.3 is 15.0 Å². The van der Waals surface area contributed by atoms with Crippen molar-refractivity contribution in [1.82, 2.24) is 30.0 Å². The first-order chi connectivity index (χ1) is 16.2. The van der Waals surface area contributed by atoms with Crippen LogP contribution >= 0.6 is 11.3 Å². The molecule has 4 aromatic rings. The van der Waals surface area contributed by atoms with Gasteiger partial charge in [-0.25, -0.2) is 15.0 Å². The molecule has 0 saturated carbocycles. The van der Waals surface area contributed by atoms with Crippen LogP contribution in [0, 0.1) is 0 Å². The number of aromatic amines is 1. The third-order valence-electron chi connectivity index (χ3n) is 5.47. The molecule has 11 heteroatoms. The number of methoxy groups -OCH3 is 1. The Labute approximate surface area is 194 Å². The van der Waals surface area contributed by atoms with Crippen LogP contribution < -0.4 is 10.2 Å². The van der Waals surface area contributed by atoms with Gasteiger partial charge in [0, 0.05) is 63.0 Å². The predicted molar refractivity (Wildman–Crippen MR) is 128 cm³/mol. The SMILES string of the molecule is COCC(=O)CN1CCN(c2ccnc(Nc3nc4ccc(-c5cn[nH]c5)nc4s3)c2)CC1. The molecule has 1 aliphatic heterocycles. The standard InChI is InChI=1S/C22H24N8O2S/c1-32-14-17(31)13-29-6-8-30(9-7-29)16-4-5-23-20(10-16)28-22-27-19-3-2-18(26-21(19)33-22)15-11-24-25-12-15/h2-5,10-12H,6-9,13-14H2,1H3,(H,24,25)(H,23,27,28). The number of thiazole rings is 1. The zero-order valence-electron chi connectivity index (χ0n) is 18.2. The molecule has 0 atom stereocenters. The Hall–Kier alpha value is -3.41. The summed E-state index contributed by atoms with van der Waals surface area (Å²) >= 11 is 1.49. The largest absolute Gasteiger partial charge is 0.377 e. The van der Waals surface area contributed by atoms with Gasteiger partial charge in [-0.05, 0) is 18.2 Å². The number of Topliss-reactive ketones (excluding diaryl/α,β-unsaturated/α-hetero) is 1. The van der Waals surface area contributed by atoms with Crippen LogP contribution in [0.4, 0.5) is 16.6 Å². The lowest BCUT2D eigenvalue weighted by atomic mass is 10.2. The molecule has 5 rings (SSSR count). The molecule has 0 unspecified atom stereocenters. The molecule has 0 radical (unpaired) electrons. The van der Waals surface area contributed by atoms with Crippen molar-refractivity contribution in [3.8, 4) is 11.3 Å². The van der Waals surface area contributed by atoms with Crippen molar-refractivity contribution in [2.75, 3.05) is 56.7 Å². The van der Waals surface area contributed by atoms with E-state index in [0.29, 0.717) is 6.54 Å². The molecule has 170 valence electrons. The van der Waals surface area contributed by atoms with Gasteiger partial charge >= 0.3 is 0 Å². The Balaban J connectivity index is 1.24. The molecule has 0 bridgehead atoms. The lowest BCUT2D eigenvalue weighted by Gasteiger charge is -2.35. The first-order valence-electron chi connectivity index (χ1n) is 10.7. The van der Waals surface area contributed by atoms with Crippen LogP contribution in [-0.2, 0) is 9.53 Å². The van der Waals surface area contributed by atoms with E-state index in [9.17, 15) is 4.79 Å². The number of fused-ring (bicyclic) bond motifs is 1. The second-order valence-corrected chi connectivity index (χ2v) is 8.76. The van der Waals surface area contributed by atoms with E-state index in [4.69, 9.17) is 9.72 Å². The highest BCUT2D eigenvalue weighted by atomic mass is 32.1. The second kappa shape index (κ2) is 9.61. The first-order valence-corrected chi connectivity index (χ1v) is 11.5. The summed E-state index contributed by atoms with van der Waals surface area (Å²) < 4.78 is 4.93. The number of pyridine rings is 2. The van der Waals surface area contributed by atoms with Crippen LogP contribution in [-0.4, -0.2) is 82.3 Å². The number of hydrogen-bond donors (Lipinski definition) is 2. The number of ketones is 1. The molecular formula is C22H24N8O2S. The fourth-order valence-electron chi connectivity index (χ4n) is 3.84. The van der Waals surface area contributed by atoms with Gasteiger partial charge in [0.1, 0.15) is 22.8 Å². The van der Waals surface area contributed by atoms with E-state index in [1.165, 1.54) is 11.3 Å². The topological polar surface area (TPSA) is 112 Å². The Morgan fingerprint density at radius 1 is 1.21 bits per heavy atom. The number of H-pyrrole nitrogens is 1. The molecule has 2 N–H and O–H groups in total. The molecular weight excluding hydrogens is 440 g/mol. The third-order valence-corrected chi connectivity index (χ3v) is 6.35. The molecule has 0 aliphatic carbocycles. The smallest absolute Gasteiger partial charge is 0.190 e. The number of hydrogen-bond acceptors (Lipinski definition) is 10. The fourth-order valence-corrected chi connectivity index (χ4v) is 4.68. The quantitative estimate of drug-likeness (QED) is 0.406. The van der Waals surface area contributed by atoms with Gasteiger partial charge in [0.25, 0.3) is 0 Å². The number of piperazine rings is 1. The zero-order chi connectivity index (χ0) is 22.6. The minimum Gasteiger partial charge on any atom is -0.377 e. The van der Waals surface area contributed by atoms with E-state index >= 15 is 0 Å². The van der Waals surface area contributed by atoms with Crippen LogP contribution in [0.3, 0.4) is 0 Å². The van der Waals surface area contributed by atoms with Gasteiger partial charge in [0.15, 0.2) is 10.9 Å². The van der Waals surface area contributed by atoms with Crippen molar-refractivity contribution in [3.05, 3.63) is 42.9 Å². The van der Waals surface area contributed by atoms with E-state index in [1.807, 2.05) is 30.5 Å². The maximum Gasteiger partial charge on any atom is 0.190 e. The third kappa shape index (κ3) is 5.00. The van der Waals surface area contributed by atoms with Gasteiger partial charge in [0.05, 0.1) is 18.4 Å². The van der Waals surface area contributed by atoms with Gasteiger partial charge in [-0.2, -0.15) is 5.10 Å². The van der Waals surface area contributed by atoms with Gasteiger partial charge in [-0.1, -0.05) is 11.3 Å². The second-order valence-electron chi connectivity index (χ2n) is 7.79. The highest BCUT2D eigenvalue weighted by Crippen LogP contribution is 2.29. The number of carbonyl (C=O) groups is 1. The lowest BCUT2D eigenvalue weighted by molar-refractivity contribution is -0.123. The molecule has 4 aromatic heterocycles. The highest BCUT2D eigenvalue weighted by molar-refractivity contribution is 7.21. The average Bonchev–Trinajstić information content (AvgIpc) is 3.49. The molecule has 1 saturated heterocycles. The van der Waals surface area contributed by atoms with Crippen molar-refractivity contribution in [2.24, 2.45) is 0 Å². The fraction of sp³-hybridized carbons (Fsp3) is 0.318. The zero-order valence-corrected chi connectivity index (χ0v) is 19.0. The number of ether oxygens (including phenoxy) is 1. The maximum atomic E-state index is 11.8. The maximum absolute atomic E-state index is 11.8. The summed E-state index contributed by atoms with van der Waals surface area (Å²) in [7, 11) is 1.55. The summed E-state index contributed by atoms with van der Waals surface area (Å²) in [6.45, 7) is 3.99. The summed E-state index contributed by atoms with van der Waals surface area (Å²) in [5.74, 6) is 0.850. The molecule has 1 fully saturated rings. The predicted octanol–water partition coefficient (Wildman–Crippen LogP) is 2.56. The van der Waals surface area contributed by atoms with Crippen molar-refractivity contribution in [1.29, 1.82) is 0 Å². The summed E-state index contributed by atoms with van der Waals surface area (Å²) in [5.41, 5.74) is 3.73. The Morgan fingerprint density at radius 3 is 2.88 bits per heavy atom. The monoisotopic (exact) mass is 464 g/mol. The molecule has 0 spiro atoms. The Morgan fingerprint density at radius 2 is 2.09 bits per heavy atom. The van der Waals surface area contributed by atoms with E-state index in [-0.39, 0.29) is 12.4 Å². The Kier molecular flexibility index (Phi) is 6.24. The van der Waals surface area contributed by atoms with Crippen LogP contribution in [0.15, 0.2) is 42.9 Å². The number of nitrogens with one attached hydrogen (secondary N) is 2. The lowest BCUT2D eigenvalue weighted by Crippen LogP contribution is -2.48. The van der Waals surface area contributed by atoms with Gasteiger partial charge in [0.2, 0.25) is 0 Å². The van der Waals surface area contributed by atoms with Gasteiger partial charge in [-0.15, -0.1) is 0 Å². The molecule has 10 nitrogen and oxygen atoms in total. The molecule has 0 aromatic carbocycles. The minimum absolute atomic E-state index is 0.114. The van der Waals surface area contributed by atoms with Crippen molar-refractivity contribution in [3.63, 3.8) is 0 Å². The Bertz CT molecular complexity index is 1230. The number of carbonyl (C=O) groups excluding carboxylic acids is 1. The van der Waals surface area contributed by atoms with Gasteiger partial charge in [-0.3, -0.25) is 14.8 Å². The van der Waals surface area contributed by atoms with Crippen LogP contribution in [0.1, 0.15) is 0 Å². The van der Waals surface area contributed by atoms with Crippen molar-refractivity contribution >= 4 is 44.1 Å². The minimum atomic E-state index is 0.114. The van der Waals surface area contributed by atoms with E-state index < -0.39 is 0 Å².